The number of para-hydroxylation sites is 1. The number of β-amino-alcohol motifs (C(OH)–C–C–N with tert-alkyl or cyclic N) is 1. The molecule has 4 N–H and O–H groups in total. The molecule has 0 unspecified atom stereocenters. The van der Waals surface area contributed by atoms with Gasteiger partial charge in [0.1, 0.15) is 12.6 Å². The summed E-state index contributed by atoms with van der Waals surface area (Å²) >= 11 is 0. The number of hydrogen-bond donors (Lipinski definition) is 4. The number of aliphatic hydroxyl groups excluding tert-OH is 1. The minimum Gasteiger partial charge on any atom is -0.391 e. The predicted octanol–water partition coefficient (Wildman–Crippen LogP) is 1.02. The van der Waals surface area contributed by atoms with Crippen molar-refractivity contribution in [1.29, 1.82) is 0 Å². The van der Waals surface area contributed by atoms with Crippen LogP contribution in [0.15, 0.2) is 60.7 Å². The smallest absolute Gasteiger partial charge is 0.322 e. The number of urea groups is 1. The summed E-state index contributed by atoms with van der Waals surface area (Å²) in [5.41, 5.74) is 2.00. The first-order chi connectivity index (χ1) is 15.1. The van der Waals surface area contributed by atoms with Crippen LogP contribution in [-0.4, -0.2) is 59.8 Å². The Kier molecular flexibility index (Phi) is 6.84. The minimum absolute atomic E-state index is 0.115. The summed E-state index contributed by atoms with van der Waals surface area (Å²) in [6, 6.07) is 18.7. The Hall–Kier alpha value is -2.90. The number of carbonyl (C=O) groups excluding carboxylic acids is 2. The number of anilines is 1. The second-order valence-corrected chi connectivity index (χ2v) is 8.55. The zero-order chi connectivity index (χ0) is 21.6. The largest absolute Gasteiger partial charge is 0.391 e. The molecule has 7 heteroatoms. The predicted molar refractivity (Wildman–Crippen MR) is 119 cm³/mol. The average molecular weight is 424 g/mol. The van der Waals surface area contributed by atoms with E-state index in [0.29, 0.717) is 5.69 Å². The highest BCUT2D eigenvalue weighted by atomic mass is 16.3. The molecule has 0 aromatic heterocycles. The molecule has 3 amide bonds. The van der Waals surface area contributed by atoms with Crippen LogP contribution in [-0.2, 0) is 11.3 Å². The molecule has 2 aliphatic rings. The van der Waals surface area contributed by atoms with Crippen molar-refractivity contribution in [2.45, 2.75) is 44.0 Å². The number of quaternary nitrogens is 1. The van der Waals surface area contributed by atoms with Gasteiger partial charge < -0.3 is 25.5 Å². The molecule has 2 saturated heterocycles. The SMILES string of the molecule is O=C(NC1CC[NH+](Cc2ccccc2)CC1)[C@H]1C[C@@H](O)CN1C(=O)Nc1ccccc1. The first kappa shape index (κ1) is 21.3. The summed E-state index contributed by atoms with van der Waals surface area (Å²) in [6.45, 7) is 3.18. The molecule has 4 rings (SSSR count). The van der Waals surface area contributed by atoms with Crippen molar-refractivity contribution < 1.29 is 19.6 Å². The molecule has 0 saturated carbocycles. The van der Waals surface area contributed by atoms with Crippen LogP contribution in [0.2, 0.25) is 0 Å². The third kappa shape index (κ3) is 5.62. The molecule has 0 radical (unpaired) electrons. The van der Waals surface area contributed by atoms with E-state index in [9.17, 15) is 14.7 Å². The zero-order valence-electron chi connectivity index (χ0n) is 17.7. The van der Waals surface area contributed by atoms with E-state index in [2.05, 4.69) is 34.9 Å². The molecule has 2 heterocycles. The molecule has 0 aliphatic carbocycles. The lowest BCUT2D eigenvalue weighted by Gasteiger charge is -2.31. The monoisotopic (exact) mass is 423 g/mol. The summed E-state index contributed by atoms with van der Waals surface area (Å²) in [6.07, 6.45) is 1.42. The quantitative estimate of drug-likeness (QED) is 0.579. The van der Waals surface area contributed by atoms with E-state index in [0.717, 1.165) is 32.5 Å². The Bertz CT molecular complexity index is 869. The molecule has 2 aromatic rings. The molecule has 2 aliphatic heterocycles. The summed E-state index contributed by atoms with van der Waals surface area (Å²) in [7, 11) is 0. The number of nitrogens with zero attached hydrogens (tertiary/aromatic N) is 1. The topological polar surface area (TPSA) is 86.1 Å². The molecular weight excluding hydrogens is 392 g/mol. The summed E-state index contributed by atoms with van der Waals surface area (Å²) in [5, 5.41) is 16.1. The lowest BCUT2D eigenvalue weighted by Crippen LogP contribution is -3.12. The van der Waals surface area contributed by atoms with Crippen LogP contribution >= 0.6 is 0 Å². The average Bonchev–Trinajstić information content (AvgIpc) is 3.19. The number of benzene rings is 2. The van der Waals surface area contributed by atoms with Gasteiger partial charge in [0.25, 0.3) is 0 Å². The van der Waals surface area contributed by atoms with E-state index < -0.39 is 12.1 Å². The number of rotatable bonds is 5. The molecule has 31 heavy (non-hydrogen) atoms. The van der Waals surface area contributed by atoms with Gasteiger partial charge in [-0.05, 0) is 12.1 Å². The summed E-state index contributed by atoms with van der Waals surface area (Å²) < 4.78 is 0. The Morgan fingerprint density at radius 3 is 2.32 bits per heavy atom. The maximum Gasteiger partial charge on any atom is 0.322 e. The first-order valence-corrected chi connectivity index (χ1v) is 11.1. The van der Waals surface area contributed by atoms with Gasteiger partial charge in [0.15, 0.2) is 0 Å². The number of hydrogen-bond acceptors (Lipinski definition) is 3. The molecule has 2 aromatic carbocycles. The van der Waals surface area contributed by atoms with Crippen molar-refractivity contribution in [2.24, 2.45) is 0 Å². The Morgan fingerprint density at radius 2 is 1.65 bits per heavy atom. The van der Waals surface area contributed by atoms with Gasteiger partial charge in [-0.1, -0.05) is 48.5 Å². The lowest BCUT2D eigenvalue weighted by molar-refractivity contribution is -0.918. The van der Waals surface area contributed by atoms with Gasteiger partial charge in [0.05, 0.1) is 19.2 Å². The first-order valence-electron chi connectivity index (χ1n) is 11.1. The lowest BCUT2D eigenvalue weighted by atomic mass is 10.0. The van der Waals surface area contributed by atoms with Crippen LogP contribution < -0.4 is 15.5 Å². The molecule has 164 valence electrons. The van der Waals surface area contributed by atoms with E-state index >= 15 is 0 Å². The molecule has 7 nitrogen and oxygen atoms in total. The number of piperidine rings is 1. The highest BCUT2D eigenvalue weighted by molar-refractivity contribution is 5.94. The van der Waals surface area contributed by atoms with Gasteiger partial charge in [-0.3, -0.25) is 4.79 Å². The third-order valence-electron chi connectivity index (χ3n) is 6.20. The van der Waals surface area contributed by atoms with E-state index in [1.165, 1.54) is 15.4 Å². The van der Waals surface area contributed by atoms with Crippen molar-refractivity contribution in [3.05, 3.63) is 66.2 Å². The van der Waals surface area contributed by atoms with Crippen molar-refractivity contribution in [3.63, 3.8) is 0 Å². The third-order valence-corrected chi connectivity index (χ3v) is 6.20. The minimum atomic E-state index is -0.686. The van der Waals surface area contributed by atoms with Crippen molar-refractivity contribution >= 4 is 17.6 Å². The second-order valence-electron chi connectivity index (χ2n) is 8.55. The normalized spacial score (nSPS) is 25.8. The Labute approximate surface area is 183 Å². The summed E-state index contributed by atoms with van der Waals surface area (Å²) in [5.74, 6) is -0.170. The maximum absolute atomic E-state index is 12.9. The Morgan fingerprint density at radius 1 is 1.00 bits per heavy atom. The van der Waals surface area contributed by atoms with E-state index in [-0.39, 0.29) is 30.9 Å². The van der Waals surface area contributed by atoms with E-state index in [4.69, 9.17) is 0 Å². The van der Waals surface area contributed by atoms with Gasteiger partial charge >= 0.3 is 6.03 Å². The fourth-order valence-electron chi connectivity index (χ4n) is 4.53. The number of likely N-dealkylation sites (tertiary alicyclic amines) is 2. The highest BCUT2D eigenvalue weighted by Crippen LogP contribution is 2.20. The van der Waals surface area contributed by atoms with Crippen LogP contribution in [0.1, 0.15) is 24.8 Å². The van der Waals surface area contributed by atoms with Gasteiger partial charge in [-0.2, -0.15) is 0 Å². The molecule has 2 atom stereocenters. The van der Waals surface area contributed by atoms with Crippen LogP contribution in [0.3, 0.4) is 0 Å². The Balaban J connectivity index is 1.28. The fourth-order valence-corrected chi connectivity index (χ4v) is 4.53. The van der Waals surface area contributed by atoms with Gasteiger partial charge in [-0.25, -0.2) is 4.79 Å². The fraction of sp³-hybridized carbons (Fsp3) is 0.417. The number of nitrogens with one attached hydrogen (secondary N) is 3. The summed E-state index contributed by atoms with van der Waals surface area (Å²) in [4.78, 5) is 28.6. The second kappa shape index (κ2) is 9.94. The molecule has 0 spiro atoms. The van der Waals surface area contributed by atoms with E-state index in [1.54, 1.807) is 12.1 Å². The number of amides is 3. The molecule has 0 bridgehead atoms. The van der Waals surface area contributed by atoms with Crippen LogP contribution in [0.25, 0.3) is 0 Å². The zero-order valence-corrected chi connectivity index (χ0v) is 17.7. The number of aliphatic hydroxyl groups is 1. The van der Waals surface area contributed by atoms with E-state index in [1.807, 2.05) is 24.3 Å². The highest BCUT2D eigenvalue weighted by Gasteiger charge is 2.40. The van der Waals surface area contributed by atoms with Gasteiger partial charge in [-0.15, -0.1) is 0 Å². The molecular formula is C24H31N4O3+. The van der Waals surface area contributed by atoms with Crippen molar-refractivity contribution in [2.75, 3.05) is 25.0 Å². The standard InChI is InChI=1S/C24H30N4O3/c29-21-15-22(28(17-21)24(31)26-19-9-5-2-6-10-19)23(30)25-20-11-13-27(14-12-20)16-18-7-3-1-4-8-18/h1-10,20-22,29H,11-17H2,(H,25,30)(H,26,31)/p+1/t21-,22-/m1/s1. The van der Waals surface area contributed by atoms with Crippen LogP contribution in [0, 0.1) is 0 Å². The van der Waals surface area contributed by atoms with Crippen LogP contribution in [0.5, 0.6) is 0 Å². The van der Waals surface area contributed by atoms with Crippen molar-refractivity contribution in [3.8, 4) is 0 Å². The van der Waals surface area contributed by atoms with Crippen LogP contribution in [0.4, 0.5) is 10.5 Å². The van der Waals surface area contributed by atoms with Gasteiger partial charge in [0, 0.05) is 43.1 Å². The maximum atomic E-state index is 12.9. The molecule has 2 fully saturated rings. The van der Waals surface area contributed by atoms with Crippen molar-refractivity contribution in [1.82, 2.24) is 10.2 Å². The van der Waals surface area contributed by atoms with Gasteiger partial charge in [0.2, 0.25) is 5.91 Å². The number of carbonyl (C=O) groups is 2.